The molecule has 114 valence electrons. The van der Waals surface area contributed by atoms with Gasteiger partial charge in [-0.2, -0.15) is 11.8 Å². The molecule has 0 radical (unpaired) electrons. The molecule has 0 bridgehead atoms. The molecule has 20 heavy (non-hydrogen) atoms. The number of thioether (sulfide) groups is 1. The van der Waals surface area contributed by atoms with Crippen molar-refractivity contribution < 1.29 is 4.74 Å². The van der Waals surface area contributed by atoms with Crippen LogP contribution in [0.2, 0.25) is 0 Å². The first-order valence-corrected chi connectivity index (χ1v) is 8.15. The van der Waals surface area contributed by atoms with E-state index in [2.05, 4.69) is 23.5 Å². The van der Waals surface area contributed by atoms with Crippen LogP contribution in [0.5, 0.6) is 0 Å². The van der Waals surface area contributed by atoms with Crippen LogP contribution >= 0.6 is 11.8 Å². The molecule has 0 aliphatic carbocycles. The standard InChI is InChI=1S/C13H21N3O.C2H6S/c1-5-11(12-10-17-8-7-15-12)9-13(14-3)16(4)6-2;1-3-2/h5-6,9,12,15H,1-2,7-8,10H2,3-4H3;1-2H3/b11-9+,14-13?;. The Morgan fingerprint density at radius 3 is 2.50 bits per heavy atom. The van der Waals surface area contributed by atoms with Crippen LogP contribution in [0.3, 0.4) is 0 Å². The first-order chi connectivity index (χ1) is 9.64. The van der Waals surface area contributed by atoms with Crippen molar-refractivity contribution in [2.45, 2.75) is 6.04 Å². The quantitative estimate of drug-likeness (QED) is 0.490. The summed E-state index contributed by atoms with van der Waals surface area (Å²) < 4.78 is 5.44. The van der Waals surface area contributed by atoms with Gasteiger partial charge in [-0.3, -0.25) is 4.99 Å². The maximum Gasteiger partial charge on any atom is 0.127 e. The molecule has 0 spiro atoms. The summed E-state index contributed by atoms with van der Waals surface area (Å²) in [4.78, 5) is 6.09. The van der Waals surface area contributed by atoms with E-state index in [9.17, 15) is 0 Å². The number of rotatable bonds is 4. The van der Waals surface area contributed by atoms with Crippen molar-refractivity contribution in [3.63, 3.8) is 0 Å². The second kappa shape index (κ2) is 11.8. The number of nitrogens with one attached hydrogen (secondary N) is 1. The summed E-state index contributed by atoms with van der Waals surface area (Å²) in [5, 5.41) is 3.39. The molecule has 5 heteroatoms. The molecule has 1 saturated heterocycles. The Labute approximate surface area is 127 Å². The number of aliphatic imine (C=N–C) groups is 1. The van der Waals surface area contributed by atoms with Crippen molar-refractivity contribution in [3.05, 3.63) is 37.1 Å². The molecule has 1 rings (SSSR count). The molecule has 1 aliphatic rings. The molecule has 1 unspecified atom stereocenters. The van der Waals surface area contributed by atoms with Gasteiger partial charge in [0.2, 0.25) is 0 Å². The fourth-order valence-corrected chi connectivity index (χ4v) is 1.65. The monoisotopic (exact) mass is 297 g/mol. The van der Waals surface area contributed by atoms with Crippen LogP contribution in [-0.2, 0) is 4.74 Å². The fourth-order valence-electron chi connectivity index (χ4n) is 1.65. The zero-order valence-electron chi connectivity index (χ0n) is 13.1. The molecule has 1 aliphatic heterocycles. The third-order valence-corrected chi connectivity index (χ3v) is 2.72. The van der Waals surface area contributed by atoms with E-state index in [-0.39, 0.29) is 6.04 Å². The zero-order valence-corrected chi connectivity index (χ0v) is 13.9. The first-order valence-electron chi connectivity index (χ1n) is 6.52. The largest absolute Gasteiger partial charge is 0.378 e. The molecular formula is C15H27N3OS. The van der Waals surface area contributed by atoms with Crippen molar-refractivity contribution in [1.82, 2.24) is 10.2 Å². The number of hydrogen-bond acceptors (Lipinski definition) is 4. The molecule has 0 amide bonds. The minimum Gasteiger partial charge on any atom is -0.378 e. The molecule has 0 aromatic heterocycles. The van der Waals surface area contributed by atoms with Crippen LogP contribution in [-0.4, -0.2) is 63.1 Å². The molecular weight excluding hydrogens is 270 g/mol. The van der Waals surface area contributed by atoms with Crippen LogP contribution in [0.25, 0.3) is 0 Å². The van der Waals surface area contributed by atoms with E-state index in [4.69, 9.17) is 4.74 Å². The minimum absolute atomic E-state index is 0.191. The van der Waals surface area contributed by atoms with Gasteiger partial charge in [0.1, 0.15) is 5.84 Å². The smallest absolute Gasteiger partial charge is 0.127 e. The lowest BCUT2D eigenvalue weighted by atomic mass is 10.1. The van der Waals surface area contributed by atoms with Gasteiger partial charge < -0.3 is 15.0 Å². The van der Waals surface area contributed by atoms with Crippen LogP contribution in [0.4, 0.5) is 0 Å². The normalized spacial score (nSPS) is 19.7. The van der Waals surface area contributed by atoms with Gasteiger partial charge in [0.05, 0.1) is 19.3 Å². The lowest BCUT2D eigenvalue weighted by Crippen LogP contribution is -2.42. The lowest BCUT2D eigenvalue weighted by Gasteiger charge is -2.25. The maximum atomic E-state index is 5.44. The number of amidine groups is 1. The van der Waals surface area contributed by atoms with Crippen molar-refractivity contribution >= 4 is 17.6 Å². The van der Waals surface area contributed by atoms with Gasteiger partial charge in [0.25, 0.3) is 0 Å². The maximum absolute atomic E-state index is 5.44. The molecule has 0 aromatic carbocycles. The molecule has 0 aromatic rings. The summed E-state index contributed by atoms with van der Waals surface area (Å²) in [6, 6.07) is 0.191. The summed E-state index contributed by atoms with van der Waals surface area (Å²) in [5.41, 5.74) is 1.08. The minimum atomic E-state index is 0.191. The van der Waals surface area contributed by atoms with E-state index in [0.717, 1.165) is 24.6 Å². The lowest BCUT2D eigenvalue weighted by molar-refractivity contribution is 0.0880. The summed E-state index contributed by atoms with van der Waals surface area (Å²) >= 11 is 1.75. The predicted octanol–water partition coefficient (Wildman–Crippen LogP) is 2.17. The summed E-state index contributed by atoms with van der Waals surface area (Å²) in [6.07, 6.45) is 9.65. The van der Waals surface area contributed by atoms with Gasteiger partial charge in [-0.15, -0.1) is 0 Å². The fraction of sp³-hybridized carbons (Fsp3) is 0.533. The van der Waals surface area contributed by atoms with Crippen molar-refractivity contribution in [3.8, 4) is 0 Å². The Balaban J connectivity index is 0.00000110. The Hall–Kier alpha value is -1.04. The molecule has 1 fully saturated rings. The number of nitrogens with zero attached hydrogens (tertiary/aromatic N) is 2. The second-order valence-corrected chi connectivity index (χ2v) is 5.03. The Kier molecular flexibility index (Phi) is 11.1. The molecule has 4 nitrogen and oxygen atoms in total. The topological polar surface area (TPSA) is 36.9 Å². The summed E-state index contributed by atoms with van der Waals surface area (Å²) in [5.74, 6) is 0.849. The second-order valence-electron chi connectivity index (χ2n) is 4.21. The highest BCUT2D eigenvalue weighted by Crippen LogP contribution is 2.09. The van der Waals surface area contributed by atoms with E-state index >= 15 is 0 Å². The van der Waals surface area contributed by atoms with E-state index in [1.54, 1.807) is 25.0 Å². The van der Waals surface area contributed by atoms with Gasteiger partial charge in [0, 0.05) is 20.6 Å². The van der Waals surface area contributed by atoms with Crippen LogP contribution in [0.1, 0.15) is 0 Å². The predicted molar refractivity (Wildman–Crippen MR) is 91.6 cm³/mol. The van der Waals surface area contributed by atoms with Crippen molar-refractivity contribution in [2.75, 3.05) is 46.4 Å². The van der Waals surface area contributed by atoms with E-state index in [1.165, 1.54) is 0 Å². The summed E-state index contributed by atoms with van der Waals surface area (Å²) in [7, 11) is 3.68. The van der Waals surface area contributed by atoms with Gasteiger partial charge in [0.15, 0.2) is 0 Å². The molecule has 0 saturated carbocycles. The highest BCUT2D eigenvalue weighted by Gasteiger charge is 2.16. The van der Waals surface area contributed by atoms with Gasteiger partial charge in [-0.25, -0.2) is 0 Å². The number of ether oxygens (including phenoxy) is 1. The van der Waals surface area contributed by atoms with E-state index in [1.807, 2.05) is 36.6 Å². The molecule has 1 N–H and O–H groups in total. The third kappa shape index (κ3) is 6.93. The number of morpholine rings is 1. The zero-order chi connectivity index (χ0) is 15.4. The van der Waals surface area contributed by atoms with E-state index < -0.39 is 0 Å². The first kappa shape index (κ1) is 19.0. The highest BCUT2D eigenvalue weighted by molar-refractivity contribution is 7.97. The Morgan fingerprint density at radius 1 is 1.45 bits per heavy atom. The molecule has 1 heterocycles. The number of likely N-dealkylation sites (N-methyl/N-ethyl adjacent to an activating group) is 1. The van der Waals surface area contributed by atoms with Crippen molar-refractivity contribution in [2.24, 2.45) is 4.99 Å². The van der Waals surface area contributed by atoms with Crippen molar-refractivity contribution in [1.29, 1.82) is 0 Å². The third-order valence-electron chi connectivity index (χ3n) is 2.72. The molecule has 1 atom stereocenters. The Morgan fingerprint density at radius 2 is 2.10 bits per heavy atom. The van der Waals surface area contributed by atoms with Gasteiger partial charge in [-0.1, -0.05) is 19.2 Å². The highest BCUT2D eigenvalue weighted by atomic mass is 32.2. The number of hydrogen-bond donors (Lipinski definition) is 1. The van der Waals surface area contributed by atoms with Crippen LogP contribution in [0, 0.1) is 0 Å². The van der Waals surface area contributed by atoms with Gasteiger partial charge in [-0.05, 0) is 30.4 Å². The van der Waals surface area contributed by atoms with Gasteiger partial charge >= 0.3 is 0 Å². The van der Waals surface area contributed by atoms with E-state index in [0.29, 0.717) is 6.61 Å². The SMILES string of the molecule is C=C/C(=C\C(=NC)N(C)C=C)C1COCCN1.CSC. The average Bonchev–Trinajstić information content (AvgIpc) is 2.49. The summed E-state index contributed by atoms with van der Waals surface area (Å²) in [6.45, 7) is 9.88. The Bertz CT molecular complexity index is 347. The van der Waals surface area contributed by atoms with Crippen LogP contribution in [0.15, 0.2) is 42.1 Å². The van der Waals surface area contributed by atoms with Crippen LogP contribution < -0.4 is 5.32 Å². The average molecular weight is 297 g/mol.